The Balaban J connectivity index is 1.91. The number of anilines is 1. The Bertz CT molecular complexity index is 621. The van der Waals surface area contributed by atoms with Crippen molar-refractivity contribution in [2.45, 2.75) is 19.9 Å². The normalized spacial score (nSPS) is 10.2. The second-order valence-electron chi connectivity index (χ2n) is 4.93. The third-order valence-corrected chi connectivity index (χ3v) is 3.49. The van der Waals surface area contributed by atoms with Gasteiger partial charge in [0, 0.05) is 12.2 Å². The van der Waals surface area contributed by atoms with Gasteiger partial charge in [0.2, 0.25) is 5.91 Å². The number of rotatable bonds is 5. The van der Waals surface area contributed by atoms with Crippen LogP contribution in [0.2, 0.25) is 0 Å². The molecule has 21 heavy (non-hydrogen) atoms. The molecule has 0 unspecified atom stereocenters. The van der Waals surface area contributed by atoms with Gasteiger partial charge in [-0.15, -0.1) is 0 Å². The quantitative estimate of drug-likeness (QED) is 0.829. The summed E-state index contributed by atoms with van der Waals surface area (Å²) in [4.78, 5) is 12.0. The monoisotopic (exact) mass is 284 g/mol. The van der Waals surface area contributed by atoms with Crippen molar-refractivity contribution in [2.24, 2.45) is 0 Å². The fourth-order valence-electron chi connectivity index (χ4n) is 2.08. The SMILES string of the molecule is COc1ccc(CC(=O)NCc2cccc(N)c2C)cc1. The number of ether oxygens (including phenoxy) is 1. The van der Waals surface area contributed by atoms with Crippen molar-refractivity contribution in [1.82, 2.24) is 5.32 Å². The Labute approximate surface area is 124 Å². The number of hydrogen-bond acceptors (Lipinski definition) is 3. The number of nitrogens with one attached hydrogen (secondary N) is 1. The van der Waals surface area contributed by atoms with Gasteiger partial charge in [0.15, 0.2) is 0 Å². The van der Waals surface area contributed by atoms with Crippen LogP contribution in [-0.4, -0.2) is 13.0 Å². The number of benzene rings is 2. The average Bonchev–Trinajstić information content (AvgIpc) is 2.49. The van der Waals surface area contributed by atoms with Crippen molar-refractivity contribution < 1.29 is 9.53 Å². The summed E-state index contributed by atoms with van der Waals surface area (Å²) in [5.41, 5.74) is 9.61. The predicted octanol–water partition coefficient (Wildman–Crippen LogP) is 2.44. The molecule has 0 aromatic heterocycles. The highest BCUT2D eigenvalue weighted by molar-refractivity contribution is 5.78. The molecule has 1 amide bonds. The largest absolute Gasteiger partial charge is 0.497 e. The summed E-state index contributed by atoms with van der Waals surface area (Å²) < 4.78 is 5.09. The van der Waals surface area contributed by atoms with E-state index in [2.05, 4.69) is 5.32 Å². The van der Waals surface area contributed by atoms with Gasteiger partial charge >= 0.3 is 0 Å². The van der Waals surface area contributed by atoms with Gasteiger partial charge in [-0.3, -0.25) is 4.79 Å². The summed E-state index contributed by atoms with van der Waals surface area (Å²) in [5, 5.41) is 2.92. The molecule has 3 N–H and O–H groups in total. The lowest BCUT2D eigenvalue weighted by atomic mass is 10.1. The Morgan fingerprint density at radius 3 is 2.57 bits per heavy atom. The van der Waals surface area contributed by atoms with Gasteiger partial charge in [-0.05, 0) is 41.8 Å². The summed E-state index contributed by atoms with van der Waals surface area (Å²) in [7, 11) is 1.62. The van der Waals surface area contributed by atoms with Crippen molar-refractivity contribution >= 4 is 11.6 Å². The molecule has 2 aromatic carbocycles. The van der Waals surface area contributed by atoms with Crippen LogP contribution in [-0.2, 0) is 17.8 Å². The number of nitrogen functional groups attached to an aromatic ring is 1. The minimum atomic E-state index is -0.0120. The van der Waals surface area contributed by atoms with Crippen molar-refractivity contribution in [3.8, 4) is 5.75 Å². The first-order valence-corrected chi connectivity index (χ1v) is 6.83. The van der Waals surface area contributed by atoms with E-state index in [9.17, 15) is 4.79 Å². The van der Waals surface area contributed by atoms with E-state index in [-0.39, 0.29) is 5.91 Å². The molecular formula is C17H20N2O2. The number of carbonyl (C=O) groups excluding carboxylic acids is 1. The lowest BCUT2D eigenvalue weighted by Gasteiger charge is -2.10. The second-order valence-corrected chi connectivity index (χ2v) is 4.93. The number of amides is 1. The Morgan fingerprint density at radius 1 is 1.19 bits per heavy atom. The fourth-order valence-corrected chi connectivity index (χ4v) is 2.08. The standard InChI is InChI=1S/C17H20N2O2/c1-12-14(4-3-5-16(12)18)11-19-17(20)10-13-6-8-15(21-2)9-7-13/h3-9H,10-11,18H2,1-2H3,(H,19,20). The van der Waals surface area contributed by atoms with Gasteiger partial charge in [0.05, 0.1) is 13.5 Å². The van der Waals surface area contributed by atoms with Crippen LogP contribution >= 0.6 is 0 Å². The molecule has 0 aliphatic carbocycles. The van der Waals surface area contributed by atoms with E-state index in [1.807, 2.05) is 49.4 Å². The maximum absolute atomic E-state index is 12.0. The summed E-state index contributed by atoms with van der Waals surface area (Å²) in [6.45, 7) is 2.45. The Kier molecular flexibility index (Phi) is 4.82. The van der Waals surface area contributed by atoms with Crippen molar-refractivity contribution in [2.75, 3.05) is 12.8 Å². The summed E-state index contributed by atoms with van der Waals surface area (Å²) in [6, 6.07) is 13.2. The van der Waals surface area contributed by atoms with E-state index in [0.717, 1.165) is 28.1 Å². The molecule has 4 heteroatoms. The van der Waals surface area contributed by atoms with Crippen LogP contribution in [0.4, 0.5) is 5.69 Å². The van der Waals surface area contributed by atoms with Gasteiger partial charge < -0.3 is 15.8 Å². The highest BCUT2D eigenvalue weighted by Crippen LogP contribution is 2.15. The first-order chi connectivity index (χ1) is 10.1. The summed E-state index contributed by atoms with van der Waals surface area (Å²) in [6.07, 6.45) is 0.353. The maximum atomic E-state index is 12.0. The zero-order valence-electron chi connectivity index (χ0n) is 12.3. The van der Waals surface area contributed by atoms with Crippen LogP contribution in [0.3, 0.4) is 0 Å². The average molecular weight is 284 g/mol. The number of hydrogen-bond donors (Lipinski definition) is 2. The molecule has 0 radical (unpaired) electrons. The zero-order valence-corrected chi connectivity index (χ0v) is 12.3. The molecule has 0 fully saturated rings. The Hall–Kier alpha value is -2.49. The topological polar surface area (TPSA) is 64.3 Å². The molecule has 2 rings (SSSR count). The van der Waals surface area contributed by atoms with Crippen LogP contribution in [0.25, 0.3) is 0 Å². The van der Waals surface area contributed by atoms with E-state index in [1.54, 1.807) is 7.11 Å². The first-order valence-electron chi connectivity index (χ1n) is 6.83. The number of nitrogens with two attached hydrogens (primary N) is 1. The molecule has 0 aliphatic rings. The Morgan fingerprint density at radius 2 is 1.90 bits per heavy atom. The van der Waals surface area contributed by atoms with Gasteiger partial charge in [-0.25, -0.2) is 0 Å². The minimum absolute atomic E-state index is 0.0120. The second kappa shape index (κ2) is 6.79. The molecule has 0 bridgehead atoms. The van der Waals surface area contributed by atoms with Crippen LogP contribution in [0.5, 0.6) is 5.75 Å². The van der Waals surface area contributed by atoms with Crippen molar-refractivity contribution in [3.63, 3.8) is 0 Å². The minimum Gasteiger partial charge on any atom is -0.497 e. The molecule has 0 aliphatic heterocycles. The van der Waals surface area contributed by atoms with Gasteiger partial charge in [-0.2, -0.15) is 0 Å². The van der Waals surface area contributed by atoms with E-state index < -0.39 is 0 Å². The molecule has 110 valence electrons. The van der Waals surface area contributed by atoms with Crippen LogP contribution in [0.15, 0.2) is 42.5 Å². The fraction of sp³-hybridized carbons (Fsp3) is 0.235. The third kappa shape index (κ3) is 3.99. The highest BCUT2D eigenvalue weighted by atomic mass is 16.5. The van der Waals surface area contributed by atoms with Crippen LogP contribution in [0, 0.1) is 6.92 Å². The highest BCUT2D eigenvalue weighted by Gasteiger charge is 2.06. The van der Waals surface area contributed by atoms with Gasteiger partial charge in [0.1, 0.15) is 5.75 Å². The molecule has 0 saturated carbocycles. The van der Waals surface area contributed by atoms with E-state index in [0.29, 0.717) is 13.0 Å². The van der Waals surface area contributed by atoms with E-state index >= 15 is 0 Å². The van der Waals surface area contributed by atoms with Crippen LogP contribution < -0.4 is 15.8 Å². The van der Waals surface area contributed by atoms with E-state index in [1.165, 1.54) is 0 Å². The lowest BCUT2D eigenvalue weighted by molar-refractivity contribution is -0.120. The predicted molar refractivity (Wildman–Crippen MR) is 84.1 cm³/mol. The molecule has 2 aromatic rings. The zero-order chi connectivity index (χ0) is 15.2. The third-order valence-electron chi connectivity index (χ3n) is 3.49. The summed E-state index contributed by atoms with van der Waals surface area (Å²) in [5.74, 6) is 0.775. The summed E-state index contributed by atoms with van der Waals surface area (Å²) >= 11 is 0. The smallest absolute Gasteiger partial charge is 0.224 e. The first kappa shape index (κ1) is 14.9. The van der Waals surface area contributed by atoms with Crippen molar-refractivity contribution in [1.29, 1.82) is 0 Å². The van der Waals surface area contributed by atoms with Gasteiger partial charge in [0.25, 0.3) is 0 Å². The molecule has 0 saturated heterocycles. The van der Waals surface area contributed by atoms with E-state index in [4.69, 9.17) is 10.5 Å². The molecule has 4 nitrogen and oxygen atoms in total. The van der Waals surface area contributed by atoms with Crippen molar-refractivity contribution in [3.05, 3.63) is 59.2 Å². The molecule has 0 heterocycles. The van der Waals surface area contributed by atoms with Crippen LogP contribution in [0.1, 0.15) is 16.7 Å². The molecular weight excluding hydrogens is 264 g/mol. The lowest BCUT2D eigenvalue weighted by Crippen LogP contribution is -2.25. The number of methoxy groups -OCH3 is 1. The molecule has 0 atom stereocenters. The number of carbonyl (C=O) groups is 1. The molecule has 0 spiro atoms. The maximum Gasteiger partial charge on any atom is 0.224 e. The van der Waals surface area contributed by atoms with Gasteiger partial charge in [-0.1, -0.05) is 24.3 Å².